The van der Waals surface area contributed by atoms with Crippen LogP contribution in [0.3, 0.4) is 0 Å². The molecule has 0 unspecified atom stereocenters. The molecule has 1 atom stereocenters. The lowest BCUT2D eigenvalue weighted by Gasteiger charge is -2.29. The number of pyridine rings is 1. The van der Waals surface area contributed by atoms with Gasteiger partial charge in [-0.2, -0.15) is 0 Å². The van der Waals surface area contributed by atoms with Crippen LogP contribution in [-0.2, 0) is 14.3 Å². The largest absolute Gasteiger partial charge is 0.507 e. The van der Waals surface area contributed by atoms with E-state index in [-0.39, 0.29) is 11.3 Å². The Morgan fingerprint density at radius 1 is 1.23 bits per heavy atom. The fraction of sp³-hybridized carbons (Fsp3) is 0.348. The van der Waals surface area contributed by atoms with E-state index < -0.39 is 17.7 Å². The molecule has 2 saturated heterocycles. The van der Waals surface area contributed by atoms with Crippen LogP contribution in [0.1, 0.15) is 17.2 Å². The van der Waals surface area contributed by atoms with Crippen molar-refractivity contribution < 1.29 is 29.1 Å². The van der Waals surface area contributed by atoms with Crippen LogP contribution in [0.5, 0.6) is 5.75 Å². The molecular formula is C23H26N3O5+. The number of aliphatic hydroxyl groups is 1. The lowest BCUT2D eigenvalue weighted by Crippen LogP contribution is -3.14. The van der Waals surface area contributed by atoms with E-state index >= 15 is 0 Å². The predicted molar refractivity (Wildman–Crippen MR) is 113 cm³/mol. The number of nitrogens with one attached hydrogen (secondary N) is 1. The minimum atomic E-state index is -0.681. The van der Waals surface area contributed by atoms with Gasteiger partial charge in [-0.1, -0.05) is 12.1 Å². The number of methoxy groups -OCH3 is 1. The first-order chi connectivity index (χ1) is 15.1. The normalized spacial score (nSPS) is 21.5. The molecule has 2 N–H and O–H groups in total. The number of benzene rings is 1. The number of nitrogens with zero attached hydrogens (tertiary/aromatic N) is 2. The van der Waals surface area contributed by atoms with Gasteiger partial charge in [0.15, 0.2) is 0 Å². The molecule has 4 rings (SSSR count). The van der Waals surface area contributed by atoms with Gasteiger partial charge in [0.2, 0.25) is 0 Å². The molecule has 8 nitrogen and oxygen atoms in total. The van der Waals surface area contributed by atoms with Crippen molar-refractivity contribution in [3.8, 4) is 5.75 Å². The van der Waals surface area contributed by atoms with Gasteiger partial charge in [-0.15, -0.1) is 0 Å². The SMILES string of the molecule is COc1cccc(C(O)=C2C(=O)C(=O)N(CC[NH+]3CCOCC3)[C@H]2c2ccncc2)c1. The second-order valence-electron chi connectivity index (χ2n) is 7.62. The first kappa shape index (κ1) is 21.0. The van der Waals surface area contributed by atoms with E-state index in [4.69, 9.17) is 9.47 Å². The molecule has 0 bridgehead atoms. The summed E-state index contributed by atoms with van der Waals surface area (Å²) in [5.41, 5.74) is 1.24. The average Bonchev–Trinajstić information content (AvgIpc) is 3.08. The van der Waals surface area contributed by atoms with Gasteiger partial charge in [-0.3, -0.25) is 14.6 Å². The first-order valence-corrected chi connectivity index (χ1v) is 10.3. The van der Waals surface area contributed by atoms with E-state index in [0.717, 1.165) is 18.7 Å². The highest BCUT2D eigenvalue weighted by Gasteiger charge is 2.46. The maximum absolute atomic E-state index is 13.0. The van der Waals surface area contributed by atoms with Crippen molar-refractivity contribution in [3.05, 3.63) is 65.5 Å². The Balaban J connectivity index is 1.72. The highest BCUT2D eigenvalue weighted by atomic mass is 16.5. The molecule has 0 spiro atoms. The fourth-order valence-corrected chi connectivity index (χ4v) is 4.12. The summed E-state index contributed by atoms with van der Waals surface area (Å²) in [6, 6.07) is 9.67. The molecule has 0 aliphatic carbocycles. The molecular weight excluding hydrogens is 398 g/mol. The third-order valence-electron chi connectivity index (χ3n) is 5.81. The standard InChI is InChI=1S/C23H25N3O5/c1-30-18-4-2-3-17(15-18)21(27)19-20(16-5-7-24-8-6-16)26(23(29)22(19)28)10-9-25-11-13-31-14-12-25/h2-8,15,20,27H,9-14H2,1H3/p+1/t20-/m0/s1. The zero-order valence-electron chi connectivity index (χ0n) is 17.4. The maximum atomic E-state index is 13.0. The van der Waals surface area contributed by atoms with Gasteiger partial charge >= 0.3 is 0 Å². The number of aromatic nitrogens is 1. The van der Waals surface area contributed by atoms with Crippen LogP contribution >= 0.6 is 0 Å². The number of likely N-dealkylation sites (tertiary alicyclic amines) is 1. The second-order valence-corrected chi connectivity index (χ2v) is 7.62. The minimum absolute atomic E-state index is 0.0847. The zero-order chi connectivity index (χ0) is 21.8. The Labute approximate surface area is 180 Å². The Hall–Kier alpha value is -3.23. The Morgan fingerprint density at radius 2 is 1.97 bits per heavy atom. The molecule has 2 aliphatic heterocycles. The molecule has 2 aliphatic rings. The third-order valence-corrected chi connectivity index (χ3v) is 5.81. The van der Waals surface area contributed by atoms with Gasteiger partial charge in [-0.25, -0.2) is 0 Å². The molecule has 1 aromatic carbocycles. The second kappa shape index (κ2) is 9.28. The molecule has 31 heavy (non-hydrogen) atoms. The number of hydrogen-bond donors (Lipinski definition) is 2. The number of ether oxygens (including phenoxy) is 2. The summed E-state index contributed by atoms with van der Waals surface area (Å²) >= 11 is 0. The van der Waals surface area contributed by atoms with E-state index in [1.54, 1.807) is 53.7 Å². The maximum Gasteiger partial charge on any atom is 0.295 e. The molecule has 8 heteroatoms. The molecule has 1 aromatic heterocycles. The number of amides is 1. The van der Waals surface area contributed by atoms with E-state index in [1.165, 1.54) is 12.0 Å². The van der Waals surface area contributed by atoms with Crippen LogP contribution in [0.15, 0.2) is 54.4 Å². The number of quaternary nitrogens is 1. The smallest absolute Gasteiger partial charge is 0.295 e. The summed E-state index contributed by atoms with van der Waals surface area (Å²) in [6.07, 6.45) is 3.24. The molecule has 1 amide bonds. The number of ketones is 1. The van der Waals surface area contributed by atoms with E-state index in [1.807, 2.05) is 0 Å². The van der Waals surface area contributed by atoms with Crippen molar-refractivity contribution in [1.29, 1.82) is 0 Å². The topological polar surface area (TPSA) is 93.4 Å². The first-order valence-electron chi connectivity index (χ1n) is 10.3. The van der Waals surface area contributed by atoms with Crippen molar-refractivity contribution in [2.75, 3.05) is 46.5 Å². The van der Waals surface area contributed by atoms with Crippen molar-refractivity contribution in [3.63, 3.8) is 0 Å². The molecule has 0 radical (unpaired) electrons. The monoisotopic (exact) mass is 424 g/mol. The Kier molecular flexibility index (Phi) is 6.29. The summed E-state index contributed by atoms with van der Waals surface area (Å²) in [5.74, 6) is -0.937. The number of hydrogen-bond acceptors (Lipinski definition) is 6. The van der Waals surface area contributed by atoms with Gasteiger partial charge in [0.05, 0.1) is 45.0 Å². The van der Waals surface area contributed by atoms with Crippen molar-refractivity contribution in [2.24, 2.45) is 0 Å². The van der Waals surface area contributed by atoms with E-state index in [0.29, 0.717) is 37.6 Å². The van der Waals surface area contributed by atoms with Gasteiger partial charge in [0.1, 0.15) is 24.6 Å². The molecule has 3 heterocycles. The highest BCUT2D eigenvalue weighted by Crippen LogP contribution is 2.39. The summed E-state index contributed by atoms with van der Waals surface area (Å²) in [6.45, 7) is 4.23. The zero-order valence-corrected chi connectivity index (χ0v) is 17.4. The van der Waals surface area contributed by atoms with Gasteiger partial charge in [-0.05, 0) is 29.8 Å². The molecule has 0 saturated carbocycles. The van der Waals surface area contributed by atoms with Crippen LogP contribution in [-0.4, -0.2) is 73.2 Å². The lowest BCUT2D eigenvalue weighted by atomic mass is 9.96. The number of aliphatic hydroxyl groups excluding tert-OH is 1. The molecule has 162 valence electrons. The van der Waals surface area contributed by atoms with Crippen molar-refractivity contribution in [2.45, 2.75) is 6.04 Å². The number of carbonyl (C=O) groups excluding carboxylic acids is 2. The van der Waals surface area contributed by atoms with E-state index in [2.05, 4.69) is 4.98 Å². The quantitative estimate of drug-likeness (QED) is 0.397. The number of Topliss-reactive ketones (excluding diaryl/α,β-unsaturated/α-hetero) is 1. The Bertz CT molecular complexity index is 986. The van der Waals surface area contributed by atoms with Crippen LogP contribution < -0.4 is 9.64 Å². The van der Waals surface area contributed by atoms with Crippen LogP contribution in [0.25, 0.3) is 5.76 Å². The van der Waals surface area contributed by atoms with Crippen LogP contribution in [0.2, 0.25) is 0 Å². The Morgan fingerprint density at radius 3 is 2.68 bits per heavy atom. The number of carbonyl (C=O) groups is 2. The third kappa shape index (κ3) is 4.30. The van der Waals surface area contributed by atoms with Gasteiger partial charge < -0.3 is 24.4 Å². The summed E-state index contributed by atoms with van der Waals surface area (Å²) < 4.78 is 10.6. The van der Waals surface area contributed by atoms with Crippen LogP contribution in [0, 0.1) is 0 Å². The summed E-state index contributed by atoms with van der Waals surface area (Å²) in [4.78, 5) is 33.0. The number of morpholine rings is 1. The van der Waals surface area contributed by atoms with Crippen LogP contribution in [0.4, 0.5) is 0 Å². The minimum Gasteiger partial charge on any atom is -0.507 e. The predicted octanol–water partition coefficient (Wildman–Crippen LogP) is 0.427. The summed E-state index contributed by atoms with van der Waals surface area (Å²) in [7, 11) is 1.53. The van der Waals surface area contributed by atoms with Crippen molar-refractivity contribution in [1.82, 2.24) is 9.88 Å². The molecule has 2 aromatic rings. The van der Waals surface area contributed by atoms with Crippen molar-refractivity contribution >= 4 is 17.4 Å². The summed E-state index contributed by atoms with van der Waals surface area (Å²) in [5, 5.41) is 11.1. The number of rotatable bonds is 6. The molecule has 2 fully saturated rings. The lowest BCUT2D eigenvalue weighted by molar-refractivity contribution is -0.907. The highest BCUT2D eigenvalue weighted by molar-refractivity contribution is 6.46. The average molecular weight is 424 g/mol. The fourth-order valence-electron chi connectivity index (χ4n) is 4.12. The van der Waals surface area contributed by atoms with Gasteiger partial charge in [0, 0.05) is 18.0 Å². The van der Waals surface area contributed by atoms with Gasteiger partial charge in [0.25, 0.3) is 11.7 Å². The van der Waals surface area contributed by atoms with E-state index in [9.17, 15) is 14.7 Å².